The molecule has 1 saturated heterocycles. The van der Waals surface area contributed by atoms with E-state index in [2.05, 4.69) is 5.32 Å². The summed E-state index contributed by atoms with van der Waals surface area (Å²) in [5.41, 5.74) is 0. The van der Waals surface area contributed by atoms with Crippen molar-refractivity contribution in [3.8, 4) is 0 Å². The first-order valence-corrected chi connectivity index (χ1v) is 6.35. The summed E-state index contributed by atoms with van der Waals surface area (Å²) in [6.45, 7) is 4.34. The van der Waals surface area contributed by atoms with Crippen molar-refractivity contribution < 1.29 is 19.5 Å². The SMILES string of the molecule is CC(NC(=O)N1CCCN(C)C(=O)C1)C(C)C(=O)O. The van der Waals surface area contributed by atoms with Crippen LogP contribution in [-0.2, 0) is 9.59 Å². The second-order valence-corrected chi connectivity index (χ2v) is 4.96. The molecule has 0 aliphatic carbocycles. The predicted octanol–water partition coefficient (Wildman–Crippen LogP) is -0.0307. The molecule has 0 bridgehead atoms. The van der Waals surface area contributed by atoms with Crippen LogP contribution in [0, 0.1) is 5.92 Å². The minimum Gasteiger partial charge on any atom is -0.481 e. The number of hydrogen-bond donors (Lipinski definition) is 2. The van der Waals surface area contributed by atoms with E-state index in [4.69, 9.17) is 5.11 Å². The maximum absolute atomic E-state index is 12.0. The van der Waals surface area contributed by atoms with Crippen molar-refractivity contribution in [2.75, 3.05) is 26.7 Å². The quantitative estimate of drug-likeness (QED) is 0.754. The molecular weight excluding hydrogens is 250 g/mol. The van der Waals surface area contributed by atoms with Crippen molar-refractivity contribution in [1.29, 1.82) is 0 Å². The van der Waals surface area contributed by atoms with Crippen molar-refractivity contribution >= 4 is 17.9 Å². The molecule has 0 radical (unpaired) electrons. The lowest BCUT2D eigenvalue weighted by Crippen LogP contribution is -2.49. The first-order chi connectivity index (χ1) is 8.82. The fraction of sp³-hybridized carbons (Fsp3) is 0.750. The van der Waals surface area contributed by atoms with Crippen molar-refractivity contribution in [2.45, 2.75) is 26.3 Å². The van der Waals surface area contributed by atoms with Gasteiger partial charge in [0, 0.05) is 26.2 Å². The monoisotopic (exact) mass is 271 g/mol. The average Bonchev–Trinajstić information content (AvgIpc) is 2.51. The Bertz CT molecular complexity index is 372. The number of hydrogen-bond acceptors (Lipinski definition) is 3. The van der Waals surface area contributed by atoms with Crippen molar-refractivity contribution in [1.82, 2.24) is 15.1 Å². The molecule has 0 saturated carbocycles. The molecule has 0 spiro atoms. The van der Waals surface area contributed by atoms with Gasteiger partial charge in [0.15, 0.2) is 0 Å². The van der Waals surface area contributed by atoms with E-state index in [0.717, 1.165) is 6.42 Å². The lowest BCUT2D eigenvalue weighted by Gasteiger charge is -2.24. The third-order valence-corrected chi connectivity index (χ3v) is 3.45. The van der Waals surface area contributed by atoms with Gasteiger partial charge in [-0.2, -0.15) is 0 Å². The predicted molar refractivity (Wildman–Crippen MR) is 68.6 cm³/mol. The van der Waals surface area contributed by atoms with Gasteiger partial charge < -0.3 is 20.2 Å². The highest BCUT2D eigenvalue weighted by atomic mass is 16.4. The summed E-state index contributed by atoms with van der Waals surface area (Å²) < 4.78 is 0. The minimum absolute atomic E-state index is 0.0382. The first-order valence-electron chi connectivity index (χ1n) is 6.35. The van der Waals surface area contributed by atoms with Gasteiger partial charge in [-0.1, -0.05) is 0 Å². The van der Waals surface area contributed by atoms with Crippen LogP contribution in [-0.4, -0.2) is 65.5 Å². The minimum atomic E-state index is -0.959. The number of aliphatic carboxylic acids is 1. The molecule has 1 heterocycles. The third-order valence-electron chi connectivity index (χ3n) is 3.45. The number of carboxylic acids is 1. The van der Waals surface area contributed by atoms with E-state index in [1.54, 1.807) is 18.9 Å². The molecule has 2 unspecified atom stereocenters. The lowest BCUT2D eigenvalue weighted by molar-refractivity contribution is -0.141. The van der Waals surface area contributed by atoms with E-state index >= 15 is 0 Å². The third kappa shape index (κ3) is 4.11. The van der Waals surface area contributed by atoms with Crippen molar-refractivity contribution in [3.63, 3.8) is 0 Å². The summed E-state index contributed by atoms with van der Waals surface area (Å²) in [6.07, 6.45) is 0.721. The van der Waals surface area contributed by atoms with Gasteiger partial charge in [0.2, 0.25) is 5.91 Å². The number of nitrogens with one attached hydrogen (secondary N) is 1. The van der Waals surface area contributed by atoms with Crippen LogP contribution in [0.2, 0.25) is 0 Å². The van der Waals surface area contributed by atoms with Crippen LogP contribution in [0.5, 0.6) is 0 Å². The zero-order chi connectivity index (χ0) is 14.6. The molecule has 2 atom stereocenters. The van der Waals surface area contributed by atoms with Crippen LogP contribution < -0.4 is 5.32 Å². The summed E-state index contributed by atoms with van der Waals surface area (Å²) in [5.74, 6) is -1.74. The summed E-state index contributed by atoms with van der Waals surface area (Å²) in [5, 5.41) is 11.5. The van der Waals surface area contributed by atoms with Crippen LogP contribution in [0.3, 0.4) is 0 Å². The average molecular weight is 271 g/mol. The second kappa shape index (κ2) is 6.40. The lowest BCUT2D eigenvalue weighted by atomic mass is 10.0. The highest BCUT2D eigenvalue weighted by Gasteiger charge is 2.26. The van der Waals surface area contributed by atoms with E-state index in [1.807, 2.05) is 0 Å². The van der Waals surface area contributed by atoms with Crippen LogP contribution in [0.4, 0.5) is 4.79 Å². The van der Waals surface area contributed by atoms with E-state index in [1.165, 1.54) is 11.8 Å². The first kappa shape index (κ1) is 15.3. The van der Waals surface area contributed by atoms with E-state index in [9.17, 15) is 14.4 Å². The number of carboxylic acid groups (broad SMARTS) is 1. The number of carbonyl (C=O) groups is 3. The Morgan fingerprint density at radius 3 is 2.53 bits per heavy atom. The van der Waals surface area contributed by atoms with Gasteiger partial charge >= 0.3 is 12.0 Å². The number of carbonyl (C=O) groups excluding carboxylic acids is 2. The molecule has 7 heteroatoms. The maximum Gasteiger partial charge on any atom is 0.318 e. The fourth-order valence-electron chi connectivity index (χ4n) is 1.78. The highest BCUT2D eigenvalue weighted by molar-refractivity contribution is 5.84. The molecule has 2 N–H and O–H groups in total. The van der Waals surface area contributed by atoms with Gasteiger partial charge in [0.05, 0.1) is 5.92 Å². The normalized spacial score (nSPS) is 19.6. The van der Waals surface area contributed by atoms with Gasteiger partial charge in [-0.15, -0.1) is 0 Å². The Morgan fingerprint density at radius 1 is 1.32 bits per heavy atom. The summed E-state index contributed by atoms with van der Waals surface area (Å²) in [7, 11) is 1.71. The second-order valence-electron chi connectivity index (χ2n) is 4.96. The molecule has 1 aliphatic rings. The molecule has 19 heavy (non-hydrogen) atoms. The Morgan fingerprint density at radius 2 is 1.95 bits per heavy atom. The van der Waals surface area contributed by atoms with Crippen LogP contribution in [0.15, 0.2) is 0 Å². The molecule has 1 aliphatic heterocycles. The number of likely N-dealkylation sites (N-methyl/N-ethyl adjacent to an activating group) is 1. The molecule has 1 fully saturated rings. The van der Waals surface area contributed by atoms with E-state index < -0.39 is 17.9 Å². The van der Waals surface area contributed by atoms with Gasteiger partial charge in [0.25, 0.3) is 0 Å². The van der Waals surface area contributed by atoms with Gasteiger partial charge in [0.1, 0.15) is 6.54 Å². The van der Waals surface area contributed by atoms with Crippen LogP contribution >= 0.6 is 0 Å². The zero-order valence-corrected chi connectivity index (χ0v) is 11.5. The largest absolute Gasteiger partial charge is 0.481 e. The fourth-order valence-corrected chi connectivity index (χ4v) is 1.78. The standard InChI is InChI=1S/C12H21N3O4/c1-8(11(17)18)9(2)13-12(19)15-6-4-5-14(3)10(16)7-15/h8-9H,4-7H2,1-3H3,(H,13,19)(H,17,18). The number of amides is 3. The number of nitrogens with zero attached hydrogens (tertiary/aromatic N) is 2. The highest BCUT2D eigenvalue weighted by Crippen LogP contribution is 2.06. The van der Waals surface area contributed by atoms with E-state index in [-0.39, 0.29) is 18.5 Å². The topological polar surface area (TPSA) is 90.0 Å². The molecular formula is C12H21N3O4. The van der Waals surface area contributed by atoms with Crippen LogP contribution in [0.25, 0.3) is 0 Å². The van der Waals surface area contributed by atoms with Crippen molar-refractivity contribution in [3.05, 3.63) is 0 Å². The number of urea groups is 1. The molecule has 7 nitrogen and oxygen atoms in total. The molecule has 0 aromatic carbocycles. The summed E-state index contributed by atoms with van der Waals surface area (Å²) in [6, 6.07) is -0.870. The molecule has 0 aromatic rings. The van der Waals surface area contributed by atoms with E-state index in [0.29, 0.717) is 13.1 Å². The van der Waals surface area contributed by atoms with Gasteiger partial charge in [-0.3, -0.25) is 9.59 Å². The molecule has 0 aromatic heterocycles. The Kier molecular flexibility index (Phi) is 5.14. The summed E-state index contributed by atoms with van der Waals surface area (Å²) in [4.78, 5) is 37.5. The smallest absolute Gasteiger partial charge is 0.318 e. The van der Waals surface area contributed by atoms with Gasteiger partial charge in [-0.05, 0) is 20.3 Å². The maximum atomic E-state index is 12.0. The molecule has 1 rings (SSSR count). The molecule has 108 valence electrons. The van der Waals surface area contributed by atoms with Crippen LogP contribution in [0.1, 0.15) is 20.3 Å². The van der Waals surface area contributed by atoms with Gasteiger partial charge in [-0.25, -0.2) is 4.79 Å². The zero-order valence-electron chi connectivity index (χ0n) is 11.5. The number of rotatable bonds is 3. The Balaban J connectivity index is 2.57. The Hall–Kier alpha value is -1.79. The molecule has 3 amide bonds. The Labute approximate surface area is 112 Å². The van der Waals surface area contributed by atoms with Crippen molar-refractivity contribution in [2.24, 2.45) is 5.92 Å². The summed E-state index contributed by atoms with van der Waals surface area (Å²) >= 11 is 0.